The number of carbonyl (C=O) groups is 1. The summed E-state index contributed by atoms with van der Waals surface area (Å²) in [7, 11) is 0. The van der Waals surface area contributed by atoms with Crippen molar-refractivity contribution >= 4 is 17.4 Å². The molecule has 0 unspecified atom stereocenters. The first kappa shape index (κ1) is 15.7. The van der Waals surface area contributed by atoms with Crippen LogP contribution in [0.25, 0.3) is 5.65 Å². The number of nitrogens with zero attached hydrogens (tertiary/aromatic N) is 4. The molecule has 3 aromatic rings. The standard InChI is InChI=1S/C14H11F3N6O/c15-14(16,17)10-2-1-4-18-11(10)7-19-13(24)21-9-3-5-23-8-20-22-12(23)6-9/h1-6,8H,7H2,(H2,19,21,24). The number of urea groups is 1. The minimum absolute atomic E-state index is 0.256. The van der Waals surface area contributed by atoms with Crippen molar-refractivity contribution in [2.75, 3.05) is 5.32 Å². The van der Waals surface area contributed by atoms with Crippen LogP contribution in [0, 0.1) is 0 Å². The Balaban J connectivity index is 1.66. The van der Waals surface area contributed by atoms with Gasteiger partial charge in [0.2, 0.25) is 0 Å². The predicted octanol–water partition coefficient (Wildman–Crippen LogP) is 2.46. The van der Waals surface area contributed by atoms with Crippen LogP contribution in [0.2, 0.25) is 0 Å². The van der Waals surface area contributed by atoms with Crippen LogP contribution in [0.15, 0.2) is 43.0 Å². The quantitative estimate of drug-likeness (QED) is 0.769. The van der Waals surface area contributed by atoms with Crippen molar-refractivity contribution in [3.8, 4) is 0 Å². The van der Waals surface area contributed by atoms with E-state index < -0.39 is 17.8 Å². The van der Waals surface area contributed by atoms with Crippen LogP contribution < -0.4 is 10.6 Å². The van der Waals surface area contributed by atoms with Gasteiger partial charge in [-0.05, 0) is 18.2 Å². The lowest BCUT2D eigenvalue weighted by Crippen LogP contribution is -2.29. The van der Waals surface area contributed by atoms with E-state index in [0.29, 0.717) is 11.3 Å². The van der Waals surface area contributed by atoms with Crippen molar-refractivity contribution in [3.63, 3.8) is 0 Å². The molecule has 0 aliphatic carbocycles. The molecule has 0 fully saturated rings. The number of pyridine rings is 2. The van der Waals surface area contributed by atoms with Crippen molar-refractivity contribution in [3.05, 3.63) is 54.2 Å². The molecular formula is C14H11F3N6O. The fraction of sp³-hybridized carbons (Fsp3) is 0.143. The summed E-state index contributed by atoms with van der Waals surface area (Å²) < 4.78 is 40.2. The highest BCUT2D eigenvalue weighted by Gasteiger charge is 2.33. The number of rotatable bonds is 3. The Kier molecular flexibility index (Phi) is 4.02. The molecule has 0 spiro atoms. The van der Waals surface area contributed by atoms with E-state index in [1.54, 1.807) is 22.7 Å². The van der Waals surface area contributed by atoms with Crippen LogP contribution in [0.4, 0.5) is 23.7 Å². The van der Waals surface area contributed by atoms with Crippen LogP contribution in [0.3, 0.4) is 0 Å². The van der Waals surface area contributed by atoms with Crippen LogP contribution in [0.1, 0.15) is 11.3 Å². The lowest BCUT2D eigenvalue weighted by Gasteiger charge is -2.12. The highest BCUT2D eigenvalue weighted by molar-refractivity contribution is 5.89. The zero-order valence-corrected chi connectivity index (χ0v) is 12.1. The summed E-state index contributed by atoms with van der Waals surface area (Å²) in [6.45, 7) is -0.352. The van der Waals surface area contributed by atoms with Gasteiger partial charge in [-0.1, -0.05) is 0 Å². The van der Waals surface area contributed by atoms with Gasteiger partial charge in [-0.3, -0.25) is 9.38 Å². The molecule has 24 heavy (non-hydrogen) atoms. The minimum Gasteiger partial charge on any atom is -0.332 e. The second-order valence-electron chi connectivity index (χ2n) is 4.81. The monoisotopic (exact) mass is 336 g/mol. The first-order chi connectivity index (χ1) is 11.4. The van der Waals surface area contributed by atoms with Gasteiger partial charge in [-0.25, -0.2) is 4.79 Å². The van der Waals surface area contributed by atoms with Gasteiger partial charge in [0.25, 0.3) is 0 Å². The van der Waals surface area contributed by atoms with Gasteiger partial charge < -0.3 is 10.6 Å². The van der Waals surface area contributed by atoms with E-state index in [2.05, 4.69) is 25.8 Å². The summed E-state index contributed by atoms with van der Waals surface area (Å²) in [5, 5.41) is 12.4. The minimum atomic E-state index is -4.53. The SMILES string of the molecule is O=C(NCc1ncccc1C(F)(F)F)Nc1ccn2cnnc2c1. The van der Waals surface area contributed by atoms with Crippen LogP contribution in [-0.4, -0.2) is 25.6 Å². The van der Waals surface area contributed by atoms with Crippen LogP contribution >= 0.6 is 0 Å². The molecule has 7 nitrogen and oxygen atoms in total. The Morgan fingerprint density at radius 2 is 2.12 bits per heavy atom. The Hall–Kier alpha value is -3.17. The van der Waals surface area contributed by atoms with Crippen molar-refractivity contribution in [2.24, 2.45) is 0 Å². The zero-order chi connectivity index (χ0) is 17.2. The second kappa shape index (κ2) is 6.14. The van der Waals surface area contributed by atoms with E-state index in [1.807, 2.05) is 0 Å². The molecule has 0 bridgehead atoms. The van der Waals surface area contributed by atoms with Gasteiger partial charge in [-0.15, -0.1) is 10.2 Å². The van der Waals surface area contributed by atoms with Crippen molar-refractivity contribution in [1.82, 2.24) is 24.9 Å². The molecule has 0 atom stereocenters. The summed E-state index contributed by atoms with van der Waals surface area (Å²) in [6.07, 6.45) is -0.145. The molecular weight excluding hydrogens is 325 g/mol. The number of carbonyl (C=O) groups excluding carboxylic acids is 1. The van der Waals surface area contributed by atoms with Gasteiger partial charge in [0.15, 0.2) is 5.65 Å². The summed E-state index contributed by atoms with van der Waals surface area (Å²) >= 11 is 0. The predicted molar refractivity (Wildman–Crippen MR) is 78.1 cm³/mol. The molecule has 0 aromatic carbocycles. The van der Waals surface area contributed by atoms with E-state index in [9.17, 15) is 18.0 Å². The summed E-state index contributed by atoms with van der Waals surface area (Å²) in [6, 6.07) is 4.64. The van der Waals surface area contributed by atoms with Crippen LogP contribution in [0.5, 0.6) is 0 Å². The number of halogens is 3. The summed E-state index contributed by atoms with van der Waals surface area (Å²) in [4.78, 5) is 15.5. The largest absolute Gasteiger partial charge is 0.418 e. The van der Waals surface area contributed by atoms with Gasteiger partial charge in [0.1, 0.15) is 6.33 Å². The lowest BCUT2D eigenvalue weighted by atomic mass is 10.2. The first-order valence-corrected chi connectivity index (χ1v) is 6.79. The van der Waals surface area contributed by atoms with Crippen molar-refractivity contribution < 1.29 is 18.0 Å². The fourth-order valence-corrected chi connectivity index (χ4v) is 2.07. The number of amides is 2. The topological polar surface area (TPSA) is 84.2 Å². The highest BCUT2D eigenvalue weighted by Crippen LogP contribution is 2.30. The Morgan fingerprint density at radius 3 is 2.92 bits per heavy atom. The van der Waals surface area contributed by atoms with E-state index in [4.69, 9.17) is 0 Å². The average molecular weight is 336 g/mol. The Bertz CT molecular complexity index is 876. The van der Waals surface area contributed by atoms with E-state index in [1.165, 1.54) is 18.6 Å². The second-order valence-corrected chi connectivity index (χ2v) is 4.81. The number of hydrogen-bond donors (Lipinski definition) is 2. The molecule has 0 aliphatic heterocycles. The van der Waals surface area contributed by atoms with E-state index in [0.717, 1.165) is 6.07 Å². The van der Waals surface area contributed by atoms with Gasteiger partial charge in [0, 0.05) is 24.1 Å². The lowest BCUT2D eigenvalue weighted by molar-refractivity contribution is -0.138. The highest BCUT2D eigenvalue weighted by atomic mass is 19.4. The third-order valence-electron chi connectivity index (χ3n) is 3.17. The number of aromatic nitrogens is 4. The number of hydrogen-bond acceptors (Lipinski definition) is 4. The molecule has 0 saturated heterocycles. The molecule has 124 valence electrons. The fourth-order valence-electron chi connectivity index (χ4n) is 2.07. The normalized spacial score (nSPS) is 11.5. The Labute approximate surface area is 133 Å². The molecule has 3 rings (SSSR count). The number of anilines is 1. The van der Waals surface area contributed by atoms with Gasteiger partial charge in [-0.2, -0.15) is 13.2 Å². The maximum absolute atomic E-state index is 12.9. The molecule has 0 saturated carbocycles. The molecule has 2 N–H and O–H groups in total. The van der Waals surface area contributed by atoms with E-state index >= 15 is 0 Å². The average Bonchev–Trinajstić information content (AvgIpc) is 3.00. The maximum Gasteiger partial charge on any atom is 0.418 e. The molecule has 3 aromatic heterocycles. The third-order valence-corrected chi connectivity index (χ3v) is 3.17. The summed E-state index contributed by atoms with van der Waals surface area (Å²) in [5.74, 6) is 0. The van der Waals surface area contributed by atoms with Gasteiger partial charge in [0.05, 0.1) is 17.8 Å². The number of nitrogens with one attached hydrogen (secondary N) is 2. The first-order valence-electron chi connectivity index (χ1n) is 6.79. The van der Waals surface area contributed by atoms with Crippen LogP contribution in [-0.2, 0) is 12.7 Å². The number of alkyl halides is 3. The number of fused-ring (bicyclic) bond motifs is 1. The van der Waals surface area contributed by atoms with E-state index in [-0.39, 0.29) is 12.2 Å². The smallest absolute Gasteiger partial charge is 0.332 e. The molecule has 0 radical (unpaired) electrons. The van der Waals surface area contributed by atoms with Crippen molar-refractivity contribution in [1.29, 1.82) is 0 Å². The molecule has 10 heteroatoms. The molecule has 0 aliphatic rings. The molecule has 3 heterocycles. The third kappa shape index (κ3) is 3.42. The van der Waals surface area contributed by atoms with Crippen molar-refractivity contribution in [2.45, 2.75) is 12.7 Å². The molecule has 2 amide bonds. The maximum atomic E-state index is 12.9. The Morgan fingerprint density at radius 1 is 1.29 bits per heavy atom. The zero-order valence-electron chi connectivity index (χ0n) is 12.1. The summed E-state index contributed by atoms with van der Waals surface area (Å²) in [5.41, 5.74) is -0.176. The van der Waals surface area contributed by atoms with Gasteiger partial charge >= 0.3 is 12.2 Å².